The van der Waals surface area contributed by atoms with Gasteiger partial charge in [-0.15, -0.1) is 0 Å². The summed E-state index contributed by atoms with van der Waals surface area (Å²) >= 11 is 0. The van der Waals surface area contributed by atoms with E-state index in [4.69, 9.17) is 14.0 Å². The summed E-state index contributed by atoms with van der Waals surface area (Å²) in [6.45, 7) is 52.1. The average Bonchev–Trinajstić information content (AvgIpc) is 3.09. The van der Waals surface area contributed by atoms with Crippen LogP contribution in [0.1, 0.15) is 161 Å². The van der Waals surface area contributed by atoms with Crippen molar-refractivity contribution in [3.05, 3.63) is 139 Å². The van der Waals surface area contributed by atoms with Crippen LogP contribution in [0.2, 0.25) is 0 Å². The molecule has 5 aromatic carbocycles. The normalized spacial score (nSPS) is 13.4. The molecule has 0 aliphatic heterocycles. The SMILES string of the molecule is Cc1cc(C)c(OB(Oc2c(C)cc(C)cc2C)Oc2c(C)cc(C)c(P(c3cc(C(C)(C)C)cc(C(C)(C)C)c3)(c3c(C)cc(C)cc3C)(C(C)(C)C)C(C)(C)C)c2C)c(C)c1. The Kier molecular flexibility index (Phi) is 13.3. The Bertz CT molecular complexity index is 2390. The van der Waals surface area contributed by atoms with Gasteiger partial charge in [-0.3, -0.25) is 0 Å². The van der Waals surface area contributed by atoms with Crippen molar-refractivity contribution in [3.63, 3.8) is 0 Å². The van der Waals surface area contributed by atoms with Gasteiger partial charge in [0.2, 0.25) is 0 Å². The van der Waals surface area contributed by atoms with Gasteiger partial charge in [0.25, 0.3) is 0 Å². The van der Waals surface area contributed by atoms with Gasteiger partial charge in [0.05, 0.1) is 0 Å². The summed E-state index contributed by atoms with van der Waals surface area (Å²) in [6.07, 6.45) is 0. The van der Waals surface area contributed by atoms with Gasteiger partial charge >= 0.3 is 387 Å². The average molecular weight is 869 g/mol. The third kappa shape index (κ3) is 8.30. The first-order valence-electron chi connectivity index (χ1n) is 23.2. The first-order chi connectivity index (χ1) is 28.7. The van der Waals surface area contributed by atoms with Gasteiger partial charge in [-0.1, -0.05) is 0 Å². The molecular formula is C58H82BO3P. The Morgan fingerprint density at radius 1 is 0.349 bits per heavy atom. The molecule has 0 aliphatic carbocycles. The summed E-state index contributed by atoms with van der Waals surface area (Å²) in [7, 11) is -1.08. The van der Waals surface area contributed by atoms with Crippen molar-refractivity contribution in [3.8, 4) is 17.2 Å². The summed E-state index contributed by atoms with van der Waals surface area (Å²) in [5.74, 6) is 2.36. The van der Waals surface area contributed by atoms with Crippen molar-refractivity contribution in [2.45, 2.75) is 187 Å². The molecule has 0 heterocycles. The van der Waals surface area contributed by atoms with Gasteiger partial charge in [-0.2, -0.15) is 0 Å². The van der Waals surface area contributed by atoms with E-state index in [1.165, 1.54) is 60.4 Å². The van der Waals surface area contributed by atoms with Gasteiger partial charge in [0, 0.05) is 0 Å². The summed E-state index contributed by atoms with van der Waals surface area (Å²) < 4.78 is 21.4. The molecule has 63 heavy (non-hydrogen) atoms. The fourth-order valence-electron chi connectivity index (χ4n) is 12.2. The fourth-order valence-corrected chi connectivity index (χ4v) is 23.1. The molecule has 0 amide bonds. The van der Waals surface area contributed by atoms with Crippen molar-refractivity contribution in [1.29, 1.82) is 0 Å². The van der Waals surface area contributed by atoms with Gasteiger partial charge in [0.1, 0.15) is 0 Å². The Balaban J connectivity index is 2.06. The van der Waals surface area contributed by atoms with Crippen LogP contribution in [-0.4, -0.2) is 17.6 Å². The minimum absolute atomic E-state index is 0.0881. The topological polar surface area (TPSA) is 27.7 Å². The molecule has 5 rings (SSSR count). The van der Waals surface area contributed by atoms with Crippen LogP contribution < -0.4 is 29.9 Å². The second kappa shape index (κ2) is 16.8. The molecule has 0 radical (unpaired) electrons. The Morgan fingerprint density at radius 3 is 0.984 bits per heavy atom. The zero-order valence-electron chi connectivity index (χ0n) is 44.0. The summed E-state index contributed by atoms with van der Waals surface area (Å²) in [5.41, 5.74) is 16.6. The van der Waals surface area contributed by atoms with E-state index in [-0.39, 0.29) is 21.1 Å². The predicted molar refractivity (Wildman–Crippen MR) is 279 cm³/mol. The van der Waals surface area contributed by atoms with Crippen LogP contribution in [0, 0.1) is 83.1 Å². The van der Waals surface area contributed by atoms with E-state index >= 15 is 0 Å². The van der Waals surface area contributed by atoms with Crippen LogP contribution in [0.4, 0.5) is 0 Å². The standard InChI is InChI=1S/C58H82BO3P/c1-35-25-38(4)50(39(5)26-35)60-59(61-51-40(6)27-36(2)28-41(51)7)62-52-42(8)31-45(11)54(46(52)12)63(57(19,20)21,58(22,23)24,53-43(9)29-37(3)30-44(53)10)49-33-47(55(13,14)15)32-48(34-49)56(16,17)18/h25-34H,1-24H3. The second-order valence-electron chi connectivity index (χ2n) is 23.4. The van der Waals surface area contributed by atoms with E-state index in [1.807, 2.05) is 0 Å². The van der Waals surface area contributed by atoms with Gasteiger partial charge in [-0.05, 0) is 0 Å². The number of rotatable bonds is 9. The van der Waals surface area contributed by atoms with E-state index in [0.29, 0.717) is 0 Å². The third-order valence-corrected chi connectivity index (χ3v) is 23.9. The van der Waals surface area contributed by atoms with E-state index in [2.05, 4.69) is 227 Å². The molecule has 3 nitrogen and oxygen atoms in total. The molecule has 0 saturated carbocycles. The Hall–Kier alpha value is -4.01. The summed E-state index contributed by atoms with van der Waals surface area (Å²) in [4.78, 5) is 0. The number of aryl methyl sites for hydroxylation is 11. The molecule has 0 aliphatic rings. The maximum atomic E-state index is 7.41. The fraction of sp³-hybridized carbons (Fsp3) is 0.483. The van der Waals surface area contributed by atoms with Crippen LogP contribution in [-0.2, 0) is 10.8 Å². The third-order valence-electron chi connectivity index (χ3n) is 14.1. The minimum atomic E-state index is -3.83. The number of hydrogen-bond donors (Lipinski definition) is 0. The Morgan fingerprint density at radius 2 is 0.651 bits per heavy atom. The zero-order valence-corrected chi connectivity index (χ0v) is 44.9. The second-order valence-corrected chi connectivity index (χ2v) is 29.7. The van der Waals surface area contributed by atoms with Crippen LogP contribution in [0.15, 0.2) is 60.7 Å². The van der Waals surface area contributed by atoms with Crippen LogP contribution in [0.25, 0.3) is 0 Å². The van der Waals surface area contributed by atoms with Gasteiger partial charge in [0.15, 0.2) is 0 Å². The van der Waals surface area contributed by atoms with Crippen molar-refractivity contribution < 1.29 is 14.0 Å². The quantitative estimate of drug-likeness (QED) is 0.109. The predicted octanol–water partition coefficient (Wildman–Crippen LogP) is 14.9. The molecule has 0 spiro atoms. The monoisotopic (exact) mass is 869 g/mol. The van der Waals surface area contributed by atoms with Crippen LogP contribution >= 0.6 is 6.60 Å². The molecule has 0 unspecified atom stereocenters. The molecule has 340 valence electrons. The van der Waals surface area contributed by atoms with E-state index < -0.39 is 13.9 Å². The molecule has 0 saturated heterocycles. The summed E-state index contributed by atoms with van der Waals surface area (Å²) in [6, 6.07) is 23.7. The van der Waals surface area contributed by atoms with Crippen molar-refractivity contribution in [2.75, 3.05) is 0 Å². The van der Waals surface area contributed by atoms with E-state index in [1.54, 1.807) is 0 Å². The molecule has 5 heteroatoms. The zero-order chi connectivity index (χ0) is 47.8. The van der Waals surface area contributed by atoms with Crippen molar-refractivity contribution >= 4 is 29.8 Å². The number of benzene rings is 5. The molecular weight excluding hydrogens is 786 g/mol. The number of hydrogen-bond acceptors (Lipinski definition) is 3. The van der Waals surface area contributed by atoms with Crippen LogP contribution in [0.5, 0.6) is 17.2 Å². The van der Waals surface area contributed by atoms with E-state index in [9.17, 15) is 0 Å². The molecule has 0 aromatic heterocycles. The molecule has 0 atom stereocenters. The Labute approximate surface area is 385 Å². The molecule has 5 aromatic rings. The van der Waals surface area contributed by atoms with Gasteiger partial charge in [-0.25, -0.2) is 0 Å². The molecule has 0 fully saturated rings. The van der Waals surface area contributed by atoms with Gasteiger partial charge < -0.3 is 0 Å². The van der Waals surface area contributed by atoms with Crippen LogP contribution in [0.3, 0.4) is 0 Å². The maximum absolute atomic E-state index is 7.41. The first kappa shape index (κ1) is 50.0. The van der Waals surface area contributed by atoms with E-state index in [0.717, 1.165) is 50.6 Å². The van der Waals surface area contributed by atoms with Crippen molar-refractivity contribution in [2.24, 2.45) is 0 Å². The summed E-state index contributed by atoms with van der Waals surface area (Å²) in [5, 5.41) is 3.74. The van der Waals surface area contributed by atoms with Crippen molar-refractivity contribution in [1.82, 2.24) is 0 Å². The molecule has 0 bridgehead atoms. The molecule has 0 N–H and O–H groups in total. The first-order valence-corrected chi connectivity index (χ1v) is 25.4.